The van der Waals surface area contributed by atoms with Gasteiger partial charge in [0.25, 0.3) is 0 Å². The summed E-state index contributed by atoms with van der Waals surface area (Å²) in [7, 11) is 2.16. The summed E-state index contributed by atoms with van der Waals surface area (Å²) in [4.78, 5) is 16.8. The lowest BCUT2D eigenvalue weighted by Gasteiger charge is -2.38. The number of hydrogen-bond donors (Lipinski definition) is 1. The number of likely N-dealkylation sites (tertiary alicyclic amines) is 1. The predicted octanol–water partition coefficient (Wildman–Crippen LogP) is 1.83. The fourth-order valence-electron chi connectivity index (χ4n) is 3.52. The molecule has 4 heteroatoms. The highest BCUT2D eigenvalue weighted by molar-refractivity contribution is 5.81. The van der Waals surface area contributed by atoms with Gasteiger partial charge in [0.1, 0.15) is 6.17 Å². The van der Waals surface area contributed by atoms with Crippen molar-refractivity contribution in [3.8, 4) is 0 Å². The number of rotatable bonds is 2. The normalized spacial score (nSPS) is 24.8. The highest BCUT2D eigenvalue weighted by Crippen LogP contribution is 2.31. The first-order valence-electron chi connectivity index (χ1n) is 7.86. The van der Waals surface area contributed by atoms with Crippen molar-refractivity contribution in [2.75, 3.05) is 26.7 Å². The van der Waals surface area contributed by atoms with Crippen molar-refractivity contribution in [3.63, 3.8) is 0 Å². The minimum Gasteiger partial charge on any atom is -0.319 e. The van der Waals surface area contributed by atoms with Crippen LogP contribution >= 0.6 is 0 Å². The number of carbonyl (C=O) groups excluding carboxylic acids is 1. The number of benzene rings is 1. The second kappa shape index (κ2) is 5.78. The van der Waals surface area contributed by atoms with Crippen molar-refractivity contribution in [2.45, 2.75) is 38.9 Å². The van der Waals surface area contributed by atoms with Crippen LogP contribution in [0, 0.1) is 13.8 Å². The molecule has 1 amide bonds. The summed E-state index contributed by atoms with van der Waals surface area (Å²) in [6, 6.07) is 6.87. The molecule has 0 aliphatic carbocycles. The monoisotopic (exact) mass is 287 g/mol. The van der Waals surface area contributed by atoms with Gasteiger partial charge in [0.05, 0.1) is 6.54 Å². The summed E-state index contributed by atoms with van der Waals surface area (Å²) in [6.07, 6.45) is 2.20. The molecule has 2 aliphatic heterocycles. The summed E-state index contributed by atoms with van der Waals surface area (Å²) in [5.41, 5.74) is 3.76. The van der Waals surface area contributed by atoms with Gasteiger partial charge in [-0.25, -0.2) is 0 Å². The molecule has 4 nitrogen and oxygen atoms in total. The van der Waals surface area contributed by atoms with E-state index in [0.717, 1.165) is 25.9 Å². The molecule has 0 aromatic heterocycles. The highest BCUT2D eigenvalue weighted by Gasteiger charge is 2.38. The molecule has 0 saturated carbocycles. The van der Waals surface area contributed by atoms with Crippen LogP contribution in [0.15, 0.2) is 18.2 Å². The van der Waals surface area contributed by atoms with E-state index in [1.807, 2.05) is 0 Å². The second-order valence-corrected chi connectivity index (χ2v) is 6.48. The van der Waals surface area contributed by atoms with Gasteiger partial charge >= 0.3 is 0 Å². The average molecular weight is 287 g/mol. The Morgan fingerprint density at radius 3 is 2.62 bits per heavy atom. The van der Waals surface area contributed by atoms with Crippen LogP contribution in [0.5, 0.6) is 0 Å². The Balaban J connectivity index is 1.87. The summed E-state index contributed by atoms with van der Waals surface area (Å²) in [6.45, 7) is 6.86. The minimum absolute atomic E-state index is 0.0470. The van der Waals surface area contributed by atoms with E-state index in [4.69, 9.17) is 0 Å². The van der Waals surface area contributed by atoms with Crippen LogP contribution in [-0.4, -0.2) is 48.4 Å². The third kappa shape index (κ3) is 2.83. The first-order chi connectivity index (χ1) is 10.1. The molecular formula is C17H25N3O. The molecule has 1 atom stereocenters. The fourth-order valence-corrected chi connectivity index (χ4v) is 3.52. The minimum atomic E-state index is 0.0470. The maximum absolute atomic E-state index is 12.4. The summed E-state index contributed by atoms with van der Waals surface area (Å²) >= 11 is 0. The van der Waals surface area contributed by atoms with Crippen molar-refractivity contribution in [2.24, 2.45) is 0 Å². The van der Waals surface area contributed by atoms with Gasteiger partial charge in [0.2, 0.25) is 5.91 Å². The molecule has 0 bridgehead atoms. The standard InChI is InChI=1S/C17H25N3O/c1-12-4-5-13(2)15(10-12)17-18-11-16(21)20(17)14-6-8-19(3)9-7-14/h4-5,10,14,17-18H,6-9,11H2,1-3H3. The Labute approximate surface area is 127 Å². The number of carbonyl (C=O) groups is 1. The summed E-state index contributed by atoms with van der Waals surface area (Å²) < 4.78 is 0. The zero-order valence-electron chi connectivity index (χ0n) is 13.2. The van der Waals surface area contributed by atoms with Gasteiger partial charge < -0.3 is 9.80 Å². The summed E-state index contributed by atoms with van der Waals surface area (Å²) in [5.74, 6) is 0.246. The molecule has 2 fully saturated rings. The lowest BCUT2D eigenvalue weighted by Crippen LogP contribution is -2.46. The molecule has 114 valence electrons. The third-order valence-electron chi connectivity index (χ3n) is 4.82. The van der Waals surface area contributed by atoms with E-state index < -0.39 is 0 Å². The van der Waals surface area contributed by atoms with Crippen molar-refractivity contribution >= 4 is 5.91 Å². The van der Waals surface area contributed by atoms with Crippen LogP contribution < -0.4 is 5.32 Å². The molecule has 0 spiro atoms. The molecule has 2 heterocycles. The smallest absolute Gasteiger partial charge is 0.238 e. The number of nitrogens with zero attached hydrogens (tertiary/aromatic N) is 2. The predicted molar refractivity (Wildman–Crippen MR) is 84.0 cm³/mol. The van der Waals surface area contributed by atoms with Crippen molar-refractivity contribution in [1.29, 1.82) is 0 Å². The topological polar surface area (TPSA) is 35.6 Å². The molecule has 0 radical (unpaired) electrons. The van der Waals surface area contributed by atoms with Crippen LogP contribution in [-0.2, 0) is 4.79 Å². The van der Waals surface area contributed by atoms with Crippen LogP contribution in [0.25, 0.3) is 0 Å². The molecule has 1 aromatic carbocycles. The zero-order valence-corrected chi connectivity index (χ0v) is 13.2. The Hall–Kier alpha value is -1.39. The molecule has 1 unspecified atom stereocenters. The number of nitrogens with one attached hydrogen (secondary N) is 1. The van der Waals surface area contributed by atoms with Gasteiger partial charge in [-0.15, -0.1) is 0 Å². The van der Waals surface area contributed by atoms with Gasteiger partial charge in [-0.2, -0.15) is 0 Å². The SMILES string of the molecule is Cc1ccc(C)c(C2NCC(=O)N2C2CCN(C)CC2)c1. The molecule has 21 heavy (non-hydrogen) atoms. The zero-order chi connectivity index (χ0) is 15.0. The lowest BCUT2D eigenvalue weighted by molar-refractivity contribution is -0.131. The maximum atomic E-state index is 12.4. The van der Waals surface area contributed by atoms with Crippen molar-refractivity contribution in [3.05, 3.63) is 34.9 Å². The first kappa shape index (κ1) is 14.5. The molecule has 3 rings (SSSR count). The van der Waals surface area contributed by atoms with Crippen molar-refractivity contribution in [1.82, 2.24) is 15.1 Å². The molecule has 2 saturated heterocycles. The number of hydrogen-bond acceptors (Lipinski definition) is 3. The Kier molecular flexibility index (Phi) is 4.00. The Morgan fingerprint density at radius 1 is 1.19 bits per heavy atom. The summed E-state index contributed by atoms with van der Waals surface area (Å²) in [5, 5.41) is 3.41. The van der Waals surface area contributed by atoms with E-state index in [1.165, 1.54) is 16.7 Å². The number of piperidine rings is 1. The van der Waals surface area contributed by atoms with Gasteiger partial charge in [0, 0.05) is 6.04 Å². The molecule has 2 aliphatic rings. The van der Waals surface area contributed by atoms with Gasteiger partial charge in [-0.3, -0.25) is 10.1 Å². The van der Waals surface area contributed by atoms with E-state index in [2.05, 4.69) is 54.2 Å². The molecule has 1 N–H and O–H groups in total. The van der Waals surface area contributed by atoms with Crippen LogP contribution in [0.4, 0.5) is 0 Å². The van der Waals surface area contributed by atoms with Crippen LogP contribution in [0.1, 0.15) is 35.7 Å². The van der Waals surface area contributed by atoms with E-state index in [9.17, 15) is 4.79 Å². The van der Waals surface area contributed by atoms with Gasteiger partial charge in [0.15, 0.2) is 0 Å². The quantitative estimate of drug-likeness (QED) is 0.901. The molecular weight excluding hydrogens is 262 g/mol. The third-order valence-corrected chi connectivity index (χ3v) is 4.82. The number of amides is 1. The largest absolute Gasteiger partial charge is 0.319 e. The second-order valence-electron chi connectivity index (χ2n) is 6.48. The molecule has 1 aromatic rings. The van der Waals surface area contributed by atoms with E-state index in [0.29, 0.717) is 12.6 Å². The highest BCUT2D eigenvalue weighted by atomic mass is 16.2. The van der Waals surface area contributed by atoms with Gasteiger partial charge in [-0.1, -0.05) is 23.8 Å². The lowest BCUT2D eigenvalue weighted by atomic mass is 9.99. The Bertz CT molecular complexity index is 535. The first-order valence-corrected chi connectivity index (χ1v) is 7.86. The number of aryl methyl sites for hydroxylation is 2. The van der Waals surface area contributed by atoms with E-state index in [1.54, 1.807) is 0 Å². The van der Waals surface area contributed by atoms with E-state index >= 15 is 0 Å². The van der Waals surface area contributed by atoms with E-state index in [-0.39, 0.29) is 12.1 Å². The fraction of sp³-hybridized carbons (Fsp3) is 0.588. The van der Waals surface area contributed by atoms with Crippen molar-refractivity contribution < 1.29 is 4.79 Å². The van der Waals surface area contributed by atoms with Crippen LogP contribution in [0.3, 0.4) is 0 Å². The average Bonchev–Trinajstić information content (AvgIpc) is 2.84. The maximum Gasteiger partial charge on any atom is 0.238 e. The van der Waals surface area contributed by atoms with Crippen LogP contribution in [0.2, 0.25) is 0 Å². The Morgan fingerprint density at radius 2 is 1.90 bits per heavy atom. The van der Waals surface area contributed by atoms with Gasteiger partial charge in [-0.05, 0) is 58.0 Å².